The van der Waals surface area contributed by atoms with Crippen molar-refractivity contribution in [3.63, 3.8) is 0 Å². The third kappa shape index (κ3) is 6.44. The molecule has 0 bridgehead atoms. The van der Waals surface area contributed by atoms with E-state index in [2.05, 4.69) is 4.99 Å². The monoisotopic (exact) mass is 521 g/mol. The van der Waals surface area contributed by atoms with Crippen LogP contribution in [0, 0.1) is 6.92 Å². The van der Waals surface area contributed by atoms with Crippen LogP contribution in [-0.2, 0) is 10.1 Å². The van der Waals surface area contributed by atoms with Crippen molar-refractivity contribution in [1.29, 1.82) is 0 Å². The molecule has 36 heavy (non-hydrogen) atoms. The lowest BCUT2D eigenvalue weighted by molar-refractivity contribution is 0.327. The summed E-state index contributed by atoms with van der Waals surface area (Å²) >= 11 is 6.42. The summed E-state index contributed by atoms with van der Waals surface area (Å²) in [6.07, 6.45) is 1.61. The Morgan fingerprint density at radius 2 is 1.56 bits per heavy atom. The average molecular weight is 522 g/mol. The van der Waals surface area contributed by atoms with E-state index in [1.807, 2.05) is 61.5 Å². The van der Waals surface area contributed by atoms with E-state index in [1.54, 1.807) is 37.4 Å². The first-order valence-corrected chi connectivity index (χ1v) is 13.0. The predicted octanol–water partition coefficient (Wildman–Crippen LogP) is 7.36. The van der Waals surface area contributed by atoms with Crippen molar-refractivity contribution in [3.8, 4) is 23.0 Å². The van der Waals surface area contributed by atoms with E-state index < -0.39 is 10.1 Å². The highest BCUT2D eigenvalue weighted by atomic mass is 35.5. The first-order valence-electron chi connectivity index (χ1n) is 11.2. The highest BCUT2D eigenvalue weighted by Gasteiger charge is 2.22. The Kier molecular flexibility index (Phi) is 7.93. The number of hydrogen-bond acceptors (Lipinski definition) is 6. The summed E-state index contributed by atoms with van der Waals surface area (Å²) < 4.78 is 42.4. The predicted molar refractivity (Wildman–Crippen MR) is 142 cm³/mol. The Bertz CT molecular complexity index is 1450. The van der Waals surface area contributed by atoms with Crippen molar-refractivity contribution in [3.05, 3.63) is 107 Å². The van der Waals surface area contributed by atoms with Crippen LogP contribution in [0.1, 0.15) is 18.1 Å². The SMILES string of the molecule is CCOc1cc(C=Nc2ccc(Oc3ccccc3)cc2)cc(Cl)c1OS(=O)(=O)c1ccc(C)cc1. The molecule has 6 nitrogen and oxygen atoms in total. The lowest BCUT2D eigenvalue weighted by Crippen LogP contribution is -2.11. The molecule has 0 saturated heterocycles. The fraction of sp³-hybridized carbons (Fsp3) is 0.107. The van der Waals surface area contributed by atoms with Crippen molar-refractivity contribution in [2.75, 3.05) is 6.61 Å². The maximum absolute atomic E-state index is 12.8. The Morgan fingerprint density at radius 3 is 2.22 bits per heavy atom. The molecule has 0 unspecified atom stereocenters. The maximum atomic E-state index is 12.8. The van der Waals surface area contributed by atoms with Gasteiger partial charge in [0.05, 0.1) is 17.3 Å². The van der Waals surface area contributed by atoms with Gasteiger partial charge >= 0.3 is 10.1 Å². The van der Waals surface area contributed by atoms with E-state index in [1.165, 1.54) is 12.1 Å². The summed E-state index contributed by atoms with van der Waals surface area (Å²) in [5.41, 5.74) is 2.25. The van der Waals surface area contributed by atoms with Gasteiger partial charge in [-0.15, -0.1) is 0 Å². The summed E-state index contributed by atoms with van der Waals surface area (Å²) in [4.78, 5) is 4.50. The molecule has 0 N–H and O–H groups in total. The normalized spacial score (nSPS) is 11.4. The summed E-state index contributed by atoms with van der Waals surface area (Å²) in [6, 6.07) is 26.4. The van der Waals surface area contributed by atoms with Gasteiger partial charge in [0.2, 0.25) is 5.75 Å². The van der Waals surface area contributed by atoms with E-state index in [4.69, 9.17) is 25.3 Å². The van der Waals surface area contributed by atoms with Gasteiger partial charge in [-0.25, -0.2) is 0 Å². The quantitative estimate of drug-likeness (QED) is 0.170. The van der Waals surface area contributed by atoms with E-state index >= 15 is 0 Å². The molecule has 0 radical (unpaired) electrons. The molecule has 0 aromatic heterocycles. The van der Waals surface area contributed by atoms with Crippen LogP contribution in [0.15, 0.2) is 101 Å². The molecule has 0 aliphatic heterocycles. The number of aliphatic imine (C=N–C) groups is 1. The van der Waals surface area contributed by atoms with E-state index in [-0.39, 0.29) is 21.4 Å². The van der Waals surface area contributed by atoms with Crippen LogP contribution in [0.2, 0.25) is 5.02 Å². The van der Waals surface area contributed by atoms with Gasteiger partial charge in [-0.3, -0.25) is 4.99 Å². The van der Waals surface area contributed by atoms with Crippen LogP contribution in [0.4, 0.5) is 5.69 Å². The van der Waals surface area contributed by atoms with Crippen LogP contribution < -0.4 is 13.7 Å². The summed E-state index contributed by atoms with van der Waals surface area (Å²) in [5.74, 6) is 1.57. The smallest absolute Gasteiger partial charge is 0.339 e. The van der Waals surface area contributed by atoms with Crippen LogP contribution >= 0.6 is 11.6 Å². The third-order valence-electron chi connectivity index (χ3n) is 5.01. The molecule has 0 heterocycles. The van der Waals surface area contributed by atoms with Crippen LogP contribution in [0.25, 0.3) is 0 Å². The third-order valence-corrected chi connectivity index (χ3v) is 6.53. The van der Waals surface area contributed by atoms with Crippen LogP contribution in [-0.4, -0.2) is 21.2 Å². The molecule has 184 valence electrons. The number of halogens is 1. The van der Waals surface area contributed by atoms with Gasteiger partial charge in [0.15, 0.2) is 5.75 Å². The van der Waals surface area contributed by atoms with Gasteiger partial charge in [-0.05, 0) is 80.1 Å². The molecule has 0 spiro atoms. The first-order chi connectivity index (χ1) is 17.3. The fourth-order valence-corrected chi connectivity index (χ4v) is 4.50. The van der Waals surface area contributed by atoms with Gasteiger partial charge in [0, 0.05) is 6.21 Å². The number of benzene rings is 4. The van der Waals surface area contributed by atoms with Crippen molar-refractivity contribution in [2.24, 2.45) is 4.99 Å². The van der Waals surface area contributed by atoms with E-state index in [0.29, 0.717) is 23.6 Å². The second-order valence-corrected chi connectivity index (χ2v) is 9.73. The van der Waals surface area contributed by atoms with Crippen LogP contribution in [0.5, 0.6) is 23.0 Å². The van der Waals surface area contributed by atoms with Gasteiger partial charge in [0.1, 0.15) is 16.4 Å². The van der Waals surface area contributed by atoms with Gasteiger partial charge < -0.3 is 13.7 Å². The molecule has 0 fully saturated rings. The largest absolute Gasteiger partial charge is 0.490 e. The number of ether oxygens (including phenoxy) is 2. The Balaban J connectivity index is 1.53. The molecule has 0 saturated carbocycles. The lowest BCUT2D eigenvalue weighted by Gasteiger charge is -2.14. The maximum Gasteiger partial charge on any atom is 0.339 e. The molecule has 4 aromatic carbocycles. The summed E-state index contributed by atoms with van der Waals surface area (Å²) in [7, 11) is -4.10. The van der Waals surface area contributed by atoms with Gasteiger partial charge in [-0.2, -0.15) is 8.42 Å². The Hall–Kier alpha value is -3.81. The Morgan fingerprint density at radius 1 is 0.889 bits per heavy atom. The van der Waals surface area contributed by atoms with Crippen molar-refractivity contribution < 1.29 is 22.1 Å². The molecule has 0 aliphatic rings. The van der Waals surface area contributed by atoms with E-state index in [9.17, 15) is 8.42 Å². The Labute approximate surface area is 215 Å². The molecular weight excluding hydrogens is 498 g/mol. The summed E-state index contributed by atoms with van der Waals surface area (Å²) in [5, 5.41) is 0.0877. The molecule has 4 rings (SSSR count). The van der Waals surface area contributed by atoms with E-state index in [0.717, 1.165) is 11.3 Å². The number of aryl methyl sites for hydroxylation is 1. The molecule has 0 aliphatic carbocycles. The molecule has 0 amide bonds. The number of para-hydroxylation sites is 1. The highest BCUT2D eigenvalue weighted by molar-refractivity contribution is 7.87. The minimum absolute atomic E-state index is 0.0249. The molecule has 4 aromatic rings. The van der Waals surface area contributed by atoms with Crippen LogP contribution in [0.3, 0.4) is 0 Å². The van der Waals surface area contributed by atoms with Gasteiger partial charge in [0.25, 0.3) is 0 Å². The topological polar surface area (TPSA) is 74.2 Å². The first kappa shape index (κ1) is 25.3. The average Bonchev–Trinajstić information content (AvgIpc) is 2.87. The van der Waals surface area contributed by atoms with Crippen molar-refractivity contribution >= 4 is 33.6 Å². The number of hydrogen-bond donors (Lipinski definition) is 0. The zero-order valence-electron chi connectivity index (χ0n) is 19.7. The second-order valence-electron chi connectivity index (χ2n) is 7.78. The minimum Gasteiger partial charge on any atom is -0.490 e. The lowest BCUT2D eigenvalue weighted by atomic mass is 10.2. The molecular formula is C28H24ClNO5S. The number of nitrogens with zero attached hydrogens (tertiary/aromatic N) is 1. The summed E-state index contributed by atoms with van der Waals surface area (Å²) in [6.45, 7) is 3.95. The highest BCUT2D eigenvalue weighted by Crippen LogP contribution is 2.38. The van der Waals surface area contributed by atoms with Crippen molar-refractivity contribution in [2.45, 2.75) is 18.7 Å². The standard InChI is InChI=1S/C28H24ClNO5S/c1-3-33-27-18-21(17-26(29)28(27)35-36(31,32)25-15-9-20(2)10-16-25)19-30-22-11-13-24(14-12-22)34-23-7-5-4-6-8-23/h4-19H,3H2,1-2H3. The van der Waals surface area contributed by atoms with Crippen molar-refractivity contribution in [1.82, 2.24) is 0 Å². The minimum atomic E-state index is -4.10. The fourth-order valence-electron chi connectivity index (χ4n) is 3.24. The zero-order valence-corrected chi connectivity index (χ0v) is 21.3. The zero-order chi connectivity index (χ0) is 25.5. The second kappa shape index (κ2) is 11.3. The number of rotatable bonds is 9. The molecule has 0 atom stereocenters. The molecule has 8 heteroatoms. The van der Waals surface area contributed by atoms with Gasteiger partial charge in [-0.1, -0.05) is 47.5 Å².